The van der Waals surface area contributed by atoms with Gasteiger partial charge in [0, 0.05) is 0 Å². The van der Waals surface area contributed by atoms with E-state index < -0.39 is 14.1 Å². The maximum Gasteiger partial charge on any atom is 0.262 e. The van der Waals surface area contributed by atoms with E-state index in [1.807, 2.05) is 0 Å². The molecule has 0 heterocycles. The highest BCUT2D eigenvalue weighted by Gasteiger charge is 2.54. The fourth-order valence-electron chi connectivity index (χ4n) is 5.29. The average molecular weight is 278 g/mol. The van der Waals surface area contributed by atoms with Crippen molar-refractivity contribution in [3.8, 4) is 0 Å². The second-order valence-corrected chi connectivity index (χ2v) is 12.2. The van der Waals surface area contributed by atoms with Gasteiger partial charge in [0.15, 0.2) is 0 Å². The first-order valence-corrected chi connectivity index (χ1v) is 11.3. The van der Waals surface area contributed by atoms with Crippen LogP contribution in [0.5, 0.6) is 0 Å². The van der Waals surface area contributed by atoms with Gasteiger partial charge in [0.25, 0.3) is 14.1 Å². The predicted molar refractivity (Wildman–Crippen MR) is 88.0 cm³/mol. The van der Waals surface area contributed by atoms with Crippen molar-refractivity contribution in [1.29, 1.82) is 0 Å². The Morgan fingerprint density at radius 1 is 1.00 bits per heavy atom. The van der Waals surface area contributed by atoms with Crippen LogP contribution in [0.2, 0.25) is 15.8 Å². The SMILES string of the molecule is CC(C)[CH2][Al]([CH2]C(C)C)[CH2]C1CC[C@H]2C[C@@H]1C2(C)C. The second kappa shape index (κ2) is 6.11. The number of hydrogen-bond donors (Lipinski definition) is 0. The molecule has 0 aromatic rings. The molecule has 0 nitrogen and oxygen atoms in total. The maximum atomic E-state index is 2.56. The summed E-state index contributed by atoms with van der Waals surface area (Å²) in [7, 11) is 0. The van der Waals surface area contributed by atoms with Crippen LogP contribution in [0.4, 0.5) is 0 Å². The van der Waals surface area contributed by atoms with Crippen LogP contribution >= 0.6 is 0 Å². The van der Waals surface area contributed by atoms with Crippen LogP contribution in [0.25, 0.3) is 0 Å². The molecule has 19 heavy (non-hydrogen) atoms. The summed E-state index contributed by atoms with van der Waals surface area (Å²) < 4.78 is 0. The topological polar surface area (TPSA) is 0 Å². The van der Waals surface area contributed by atoms with Crippen molar-refractivity contribution >= 4 is 14.1 Å². The monoisotopic (exact) mass is 278 g/mol. The van der Waals surface area contributed by atoms with Crippen LogP contribution < -0.4 is 0 Å². The second-order valence-electron chi connectivity index (χ2n) is 9.06. The maximum absolute atomic E-state index is 2.56. The summed E-state index contributed by atoms with van der Waals surface area (Å²) in [5.74, 6) is 5.13. The highest BCUT2D eigenvalue weighted by Crippen LogP contribution is 2.62. The molecular formula is C18H35Al. The number of rotatable bonds is 6. The Balaban J connectivity index is 1.93. The molecule has 3 aliphatic rings. The molecule has 0 aromatic carbocycles. The highest BCUT2D eigenvalue weighted by molar-refractivity contribution is 6.59. The standard InChI is InChI=1S/C10H17.2C4H9.Al/c1-7-4-5-8-6-9(7)10(8,2)3;2*1-4(2)3;/h7-9H,1,4-6H2,2-3H3;2*4H,1H2,2-3H3;/t7?,8-,9-;;;/m0.../s1. The summed E-state index contributed by atoms with van der Waals surface area (Å²) in [6, 6.07) is 0. The smallest absolute Gasteiger partial charge is 0.0915 e. The summed E-state index contributed by atoms with van der Waals surface area (Å²) in [5, 5.41) is 4.84. The molecule has 0 saturated heterocycles. The van der Waals surface area contributed by atoms with Gasteiger partial charge in [0.05, 0.1) is 0 Å². The molecule has 1 unspecified atom stereocenters. The highest BCUT2D eigenvalue weighted by atomic mass is 27.2. The minimum atomic E-state index is -0.494. The molecular weight excluding hydrogens is 243 g/mol. The van der Waals surface area contributed by atoms with E-state index in [9.17, 15) is 0 Å². The van der Waals surface area contributed by atoms with E-state index in [-0.39, 0.29) is 0 Å². The van der Waals surface area contributed by atoms with E-state index in [0.29, 0.717) is 5.41 Å². The Bertz CT molecular complexity index is 280. The molecule has 3 rings (SSSR count). The molecule has 3 aliphatic carbocycles. The van der Waals surface area contributed by atoms with Gasteiger partial charge in [0.2, 0.25) is 0 Å². The van der Waals surface area contributed by atoms with Crippen molar-refractivity contribution in [1.82, 2.24) is 0 Å². The largest absolute Gasteiger partial charge is 0.262 e. The lowest BCUT2D eigenvalue weighted by molar-refractivity contribution is -0.0989. The van der Waals surface area contributed by atoms with Gasteiger partial charge >= 0.3 is 0 Å². The van der Waals surface area contributed by atoms with Crippen LogP contribution in [0.1, 0.15) is 60.8 Å². The van der Waals surface area contributed by atoms with Crippen LogP contribution in [-0.4, -0.2) is 14.1 Å². The van der Waals surface area contributed by atoms with Crippen molar-refractivity contribution in [2.24, 2.45) is 35.0 Å². The quantitative estimate of drug-likeness (QED) is 0.533. The van der Waals surface area contributed by atoms with Crippen molar-refractivity contribution in [3.63, 3.8) is 0 Å². The van der Waals surface area contributed by atoms with E-state index in [1.54, 1.807) is 35.1 Å². The van der Waals surface area contributed by atoms with Crippen molar-refractivity contribution in [3.05, 3.63) is 0 Å². The van der Waals surface area contributed by atoms with Gasteiger partial charge in [-0.1, -0.05) is 75.6 Å². The Kier molecular flexibility index (Phi) is 5.12. The molecule has 3 atom stereocenters. The molecule has 0 aliphatic heterocycles. The zero-order chi connectivity index (χ0) is 14.2. The number of hydrogen-bond acceptors (Lipinski definition) is 0. The molecule has 0 amide bonds. The third-order valence-corrected chi connectivity index (χ3v) is 10.7. The molecule has 0 radical (unpaired) electrons. The zero-order valence-electron chi connectivity index (χ0n) is 14.2. The Morgan fingerprint density at radius 2 is 1.58 bits per heavy atom. The Hall–Kier alpha value is 0.532. The normalized spacial score (nSPS) is 32.5. The van der Waals surface area contributed by atoms with E-state index in [0.717, 1.165) is 29.6 Å². The molecule has 3 saturated carbocycles. The van der Waals surface area contributed by atoms with E-state index in [2.05, 4.69) is 41.5 Å². The van der Waals surface area contributed by atoms with E-state index in [1.165, 1.54) is 0 Å². The van der Waals surface area contributed by atoms with E-state index >= 15 is 0 Å². The lowest BCUT2D eigenvalue weighted by Gasteiger charge is -2.60. The minimum absolute atomic E-state index is 0.494. The third kappa shape index (κ3) is 3.60. The van der Waals surface area contributed by atoms with Crippen LogP contribution in [0.3, 0.4) is 0 Å². The van der Waals surface area contributed by atoms with Gasteiger partial charge in [-0.05, 0) is 36.0 Å². The fourth-order valence-corrected chi connectivity index (χ4v) is 9.96. The van der Waals surface area contributed by atoms with Crippen LogP contribution in [0.15, 0.2) is 0 Å². The first-order valence-electron chi connectivity index (χ1n) is 8.80. The minimum Gasteiger partial charge on any atom is -0.0915 e. The first kappa shape index (κ1) is 15.9. The first-order chi connectivity index (χ1) is 8.80. The summed E-state index contributed by atoms with van der Waals surface area (Å²) in [5.41, 5.74) is 0.692. The number of fused-ring (bicyclic) bond motifs is 2. The lowest BCUT2D eigenvalue weighted by atomic mass is 9.46. The van der Waals surface area contributed by atoms with Gasteiger partial charge in [-0.15, -0.1) is 0 Å². The molecule has 1 heteroatoms. The molecule has 110 valence electrons. The van der Waals surface area contributed by atoms with Crippen LogP contribution in [-0.2, 0) is 0 Å². The van der Waals surface area contributed by atoms with Gasteiger partial charge in [0.1, 0.15) is 0 Å². The van der Waals surface area contributed by atoms with E-state index in [4.69, 9.17) is 0 Å². The van der Waals surface area contributed by atoms with Gasteiger partial charge < -0.3 is 0 Å². The van der Waals surface area contributed by atoms with Crippen molar-refractivity contribution in [2.45, 2.75) is 76.7 Å². The Morgan fingerprint density at radius 3 is 2.00 bits per heavy atom. The molecule has 0 N–H and O–H groups in total. The van der Waals surface area contributed by atoms with Crippen molar-refractivity contribution in [2.75, 3.05) is 0 Å². The van der Waals surface area contributed by atoms with Gasteiger partial charge in [-0.2, -0.15) is 0 Å². The summed E-state index contributed by atoms with van der Waals surface area (Å²) in [6.07, 6.45) is 4.68. The molecule has 3 fully saturated rings. The van der Waals surface area contributed by atoms with Crippen molar-refractivity contribution < 1.29 is 0 Å². The summed E-state index contributed by atoms with van der Waals surface area (Å²) >= 11 is -0.494. The molecule has 0 spiro atoms. The lowest BCUT2D eigenvalue weighted by Crippen LogP contribution is -2.52. The van der Waals surface area contributed by atoms with Gasteiger partial charge in [-0.3, -0.25) is 0 Å². The average Bonchev–Trinajstić information content (AvgIpc) is 2.26. The molecule has 0 aromatic heterocycles. The third-order valence-electron chi connectivity index (χ3n) is 6.25. The van der Waals surface area contributed by atoms with Gasteiger partial charge in [-0.25, -0.2) is 0 Å². The molecule has 2 bridgehead atoms. The van der Waals surface area contributed by atoms with Crippen LogP contribution in [0, 0.1) is 35.0 Å². The summed E-state index contributed by atoms with van der Waals surface area (Å²) in [4.78, 5) is 0. The predicted octanol–water partition coefficient (Wildman–Crippen LogP) is 5.87. The summed E-state index contributed by atoms with van der Waals surface area (Å²) in [6.45, 7) is 14.9. The fraction of sp³-hybridized carbons (Fsp3) is 1.00. The zero-order valence-corrected chi connectivity index (χ0v) is 15.4. The Labute approximate surface area is 126 Å².